The molecular weight excluding hydrogens is 214 g/mol. The summed E-state index contributed by atoms with van der Waals surface area (Å²) in [7, 11) is 1.77. The van der Waals surface area contributed by atoms with Gasteiger partial charge in [0.05, 0.1) is 6.20 Å². The Morgan fingerprint density at radius 3 is 2.56 bits per heavy atom. The molecule has 3 nitrogen and oxygen atoms in total. The minimum absolute atomic E-state index is 0.347. The second-order valence-electron chi connectivity index (χ2n) is 3.37. The third-order valence-electron chi connectivity index (χ3n) is 2.14. The molecule has 5 heteroatoms. The molecule has 0 aliphatic rings. The molecule has 1 aromatic carbocycles. The summed E-state index contributed by atoms with van der Waals surface area (Å²) in [5, 5.41) is 6.54. The zero-order valence-electron chi connectivity index (χ0n) is 8.63. The van der Waals surface area contributed by atoms with Crippen LogP contribution in [0.25, 0.3) is 11.3 Å². The maximum absolute atomic E-state index is 13.0. The van der Waals surface area contributed by atoms with Gasteiger partial charge >= 0.3 is 0 Å². The Morgan fingerprint density at radius 1 is 1.25 bits per heavy atom. The molecule has 0 bridgehead atoms. The molecule has 1 N–H and O–H groups in total. The van der Waals surface area contributed by atoms with E-state index in [2.05, 4.69) is 10.5 Å². The molecule has 0 saturated heterocycles. The van der Waals surface area contributed by atoms with Gasteiger partial charge in [-0.1, -0.05) is 5.16 Å². The van der Waals surface area contributed by atoms with Crippen molar-refractivity contribution >= 4 is 0 Å². The number of rotatable bonds is 3. The lowest BCUT2D eigenvalue weighted by atomic mass is 10.1. The van der Waals surface area contributed by atoms with Crippen LogP contribution in [0.4, 0.5) is 8.78 Å². The van der Waals surface area contributed by atoms with E-state index in [9.17, 15) is 8.78 Å². The number of nitrogens with one attached hydrogen (secondary N) is 1. The van der Waals surface area contributed by atoms with Crippen molar-refractivity contribution < 1.29 is 13.3 Å². The highest BCUT2D eigenvalue weighted by molar-refractivity contribution is 5.60. The average molecular weight is 224 g/mol. The summed E-state index contributed by atoms with van der Waals surface area (Å²) in [6.07, 6.45) is 1.52. The zero-order valence-corrected chi connectivity index (χ0v) is 8.63. The van der Waals surface area contributed by atoms with Crippen LogP contribution in [-0.2, 0) is 6.54 Å². The lowest BCUT2D eigenvalue weighted by Gasteiger charge is -2.01. The van der Waals surface area contributed by atoms with Gasteiger partial charge in [0.1, 0.15) is 11.6 Å². The first kappa shape index (κ1) is 10.8. The first-order valence-corrected chi connectivity index (χ1v) is 4.75. The molecule has 16 heavy (non-hydrogen) atoms. The fourth-order valence-corrected chi connectivity index (χ4v) is 1.50. The van der Waals surface area contributed by atoms with E-state index in [4.69, 9.17) is 4.52 Å². The molecule has 0 unspecified atom stereocenters. The summed E-state index contributed by atoms with van der Waals surface area (Å²) in [6.45, 7) is 0.525. The summed E-state index contributed by atoms with van der Waals surface area (Å²) in [5.74, 6) is -0.892. The van der Waals surface area contributed by atoms with Crippen LogP contribution < -0.4 is 5.32 Å². The van der Waals surface area contributed by atoms with Crippen LogP contribution in [0.5, 0.6) is 0 Å². The van der Waals surface area contributed by atoms with E-state index in [-0.39, 0.29) is 0 Å². The van der Waals surface area contributed by atoms with Gasteiger partial charge in [0.15, 0.2) is 5.76 Å². The molecule has 0 fully saturated rings. The monoisotopic (exact) mass is 224 g/mol. The molecule has 0 aliphatic carbocycles. The van der Waals surface area contributed by atoms with Crippen LogP contribution in [0.2, 0.25) is 0 Å². The van der Waals surface area contributed by atoms with Crippen LogP contribution in [0.3, 0.4) is 0 Å². The van der Waals surface area contributed by atoms with Crippen LogP contribution in [0, 0.1) is 11.6 Å². The number of aromatic nitrogens is 1. The van der Waals surface area contributed by atoms with E-state index in [0.717, 1.165) is 11.6 Å². The van der Waals surface area contributed by atoms with Gasteiger partial charge in [-0.3, -0.25) is 0 Å². The third kappa shape index (κ3) is 2.09. The Balaban J connectivity index is 2.45. The standard InChI is InChI=1S/C11H10F2N2O/c1-14-5-8-6-15-16-11(8)7-2-9(12)4-10(13)3-7/h2-4,6,14H,5H2,1H3. The van der Waals surface area contributed by atoms with Gasteiger partial charge < -0.3 is 9.84 Å². The minimum atomic E-state index is -0.637. The average Bonchev–Trinajstić information content (AvgIpc) is 2.65. The van der Waals surface area contributed by atoms with Crippen molar-refractivity contribution in [1.29, 1.82) is 0 Å². The summed E-state index contributed by atoms with van der Waals surface area (Å²) >= 11 is 0. The van der Waals surface area contributed by atoms with Crippen LogP contribution in [0.1, 0.15) is 5.56 Å². The maximum Gasteiger partial charge on any atom is 0.171 e. The van der Waals surface area contributed by atoms with Crippen LogP contribution >= 0.6 is 0 Å². The fraction of sp³-hybridized carbons (Fsp3) is 0.182. The predicted octanol–water partition coefficient (Wildman–Crippen LogP) is 2.34. The Bertz CT molecular complexity index is 476. The summed E-state index contributed by atoms with van der Waals surface area (Å²) < 4.78 is 31.0. The van der Waals surface area contributed by atoms with E-state index in [1.807, 2.05) is 0 Å². The molecule has 1 aromatic heterocycles. The van der Waals surface area contributed by atoms with Crippen molar-refractivity contribution in [3.05, 3.63) is 41.6 Å². The van der Waals surface area contributed by atoms with Gasteiger partial charge in [0, 0.05) is 23.7 Å². The molecule has 0 saturated carbocycles. The van der Waals surface area contributed by atoms with Gasteiger partial charge in [-0.2, -0.15) is 0 Å². The number of benzene rings is 1. The highest BCUT2D eigenvalue weighted by atomic mass is 19.1. The van der Waals surface area contributed by atoms with E-state index >= 15 is 0 Å². The smallest absolute Gasteiger partial charge is 0.171 e. The van der Waals surface area contributed by atoms with Crippen molar-refractivity contribution in [3.8, 4) is 11.3 Å². The van der Waals surface area contributed by atoms with Gasteiger partial charge in [-0.25, -0.2) is 8.78 Å². The fourth-order valence-electron chi connectivity index (χ4n) is 1.50. The normalized spacial score (nSPS) is 10.7. The molecule has 2 rings (SSSR count). The summed E-state index contributed by atoms with van der Waals surface area (Å²) in [4.78, 5) is 0. The molecule has 0 aliphatic heterocycles. The molecule has 2 aromatic rings. The SMILES string of the molecule is CNCc1cnoc1-c1cc(F)cc(F)c1. The van der Waals surface area contributed by atoms with Gasteiger partial charge in [0.2, 0.25) is 0 Å². The minimum Gasteiger partial charge on any atom is -0.356 e. The Morgan fingerprint density at radius 2 is 1.94 bits per heavy atom. The molecule has 84 valence electrons. The van der Waals surface area contributed by atoms with Crippen molar-refractivity contribution in [2.75, 3.05) is 7.05 Å². The van der Waals surface area contributed by atoms with Crippen LogP contribution in [-0.4, -0.2) is 12.2 Å². The number of halogens is 2. The lowest BCUT2D eigenvalue weighted by Crippen LogP contribution is -2.04. The molecule has 0 spiro atoms. The first-order valence-electron chi connectivity index (χ1n) is 4.75. The van der Waals surface area contributed by atoms with Gasteiger partial charge in [-0.15, -0.1) is 0 Å². The van der Waals surface area contributed by atoms with E-state index in [1.54, 1.807) is 7.05 Å². The molecule has 0 atom stereocenters. The second-order valence-corrected chi connectivity index (χ2v) is 3.37. The van der Waals surface area contributed by atoms with E-state index in [1.165, 1.54) is 18.3 Å². The molecule has 1 heterocycles. The summed E-state index contributed by atoms with van der Waals surface area (Å²) in [5.41, 5.74) is 1.10. The summed E-state index contributed by atoms with van der Waals surface area (Å²) in [6, 6.07) is 3.24. The van der Waals surface area contributed by atoms with E-state index < -0.39 is 11.6 Å². The first-order chi connectivity index (χ1) is 7.70. The Kier molecular flexibility index (Phi) is 2.96. The van der Waals surface area contributed by atoms with Crippen molar-refractivity contribution in [3.63, 3.8) is 0 Å². The number of hydrogen-bond donors (Lipinski definition) is 1. The van der Waals surface area contributed by atoms with Crippen molar-refractivity contribution in [2.24, 2.45) is 0 Å². The second kappa shape index (κ2) is 4.40. The number of nitrogens with zero attached hydrogens (tertiary/aromatic N) is 1. The topological polar surface area (TPSA) is 38.1 Å². The van der Waals surface area contributed by atoms with Crippen LogP contribution in [0.15, 0.2) is 28.9 Å². The van der Waals surface area contributed by atoms with E-state index in [0.29, 0.717) is 17.9 Å². The zero-order chi connectivity index (χ0) is 11.5. The van der Waals surface area contributed by atoms with Crippen molar-refractivity contribution in [2.45, 2.75) is 6.54 Å². The van der Waals surface area contributed by atoms with Crippen molar-refractivity contribution in [1.82, 2.24) is 10.5 Å². The quantitative estimate of drug-likeness (QED) is 0.869. The maximum atomic E-state index is 13.0. The lowest BCUT2D eigenvalue weighted by molar-refractivity contribution is 0.430. The predicted molar refractivity (Wildman–Crippen MR) is 54.6 cm³/mol. The van der Waals surface area contributed by atoms with Gasteiger partial charge in [0.25, 0.3) is 0 Å². The Hall–Kier alpha value is -1.75. The highest BCUT2D eigenvalue weighted by Gasteiger charge is 2.12. The molecule has 0 amide bonds. The third-order valence-corrected chi connectivity index (χ3v) is 2.14. The largest absolute Gasteiger partial charge is 0.356 e. The van der Waals surface area contributed by atoms with Gasteiger partial charge in [-0.05, 0) is 19.2 Å². The molecular formula is C11H10F2N2O. The Labute approximate surface area is 91.1 Å². The highest BCUT2D eigenvalue weighted by Crippen LogP contribution is 2.25. The molecule has 0 radical (unpaired) electrons. The number of hydrogen-bond acceptors (Lipinski definition) is 3.